The molecule has 2 aromatic heterocycles. The van der Waals surface area contributed by atoms with Crippen LogP contribution in [0.4, 0.5) is 0 Å². The Hall–Kier alpha value is -1.85. The number of nitrogens with zero attached hydrogens (tertiary/aromatic N) is 5. The van der Waals surface area contributed by atoms with Crippen molar-refractivity contribution in [1.29, 1.82) is 0 Å². The van der Waals surface area contributed by atoms with E-state index in [0.717, 1.165) is 5.56 Å². The maximum atomic E-state index is 10.8. The molecule has 0 aliphatic carbocycles. The molecule has 0 radical (unpaired) electrons. The Kier molecular flexibility index (Phi) is 1.73. The van der Waals surface area contributed by atoms with Gasteiger partial charge in [0.2, 0.25) is 0 Å². The largest absolute Gasteiger partial charge is 0.300 e. The van der Waals surface area contributed by atoms with Crippen LogP contribution < -0.4 is 0 Å². The number of tetrazole rings is 1. The Balaban J connectivity index is 2.42. The average Bonchev–Trinajstić information content (AvgIpc) is 2.49. The summed E-state index contributed by atoms with van der Waals surface area (Å²) < 4.78 is 1.44. The van der Waals surface area contributed by atoms with Crippen LogP contribution >= 0.6 is 0 Å². The lowest BCUT2D eigenvalue weighted by atomic mass is 10.2. The van der Waals surface area contributed by atoms with Gasteiger partial charge in [0.15, 0.2) is 0 Å². The van der Waals surface area contributed by atoms with Gasteiger partial charge in [-0.25, -0.2) is 4.98 Å². The Labute approximate surface area is 73.6 Å². The monoisotopic (exact) mass is 177 g/mol. The van der Waals surface area contributed by atoms with Gasteiger partial charge in [0.05, 0.1) is 0 Å². The molecule has 0 saturated carbocycles. The topological polar surface area (TPSA) is 73.0 Å². The predicted molar refractivity (Wildman–Crippen MR) is 43.0 cm³/mol. The van der Waals surface area contributed by atoms with Crippen molar-refractivity contribution >= 4 is 11.6 Å². The predicted octanol–water partition coefficient (Wildman–Crippen LogP) is -0.349. The van der Waals surface area contributed by atoms with Gasteiger partial charge in [0.25, 0.3) is 5.78 Å². The van der Waals surface area contributed by atoms with Gasteiger partial charge >= 0.3 is 0 Å². The summed E-state index contributed by atoms with van der Waals surface area (Å²) in [5.41, 5.74) is 0.812. The third-order valence-corrected chi connectivity index (χ3v) is 1.56. The van der Waals surface area contributed by atoms with Gasteiger partial charge in [-0.2, -0.15) is 4.52 Å². The van der Waals surface area contributed by atoms with Crippen molar-refractivity contribution < 1.29 is 4.79 Å². The first-order valence-electron chi connectivity index (χ1n) is 3.78. The molecule has 2 aromatic rings. The van der Waals surface area contributed by atoms with Crippen LogP contribution in [0.25, 0.3) is 5.78 Å². The van der Waals surface area contributed by atoms with E-state index >= 15 is 0 Å². The lowest BCUT2D eigenvalue weighted by molar-refractivity contribution is -0.116. The van der Waals surface area contributed by atoms with Crippen LogP contribution in [-0.2, 0) is 11.2 Å². The van der Waals surface area contributed by atoms with Gasteiger partial charge in [0, 0.05) is 18.8 Å². The smallest absolute Gasteiger partial charge is 0.273 e. The van der Waals surface area contributed by atoms with Gasteiger partial charge in [-0.15, -0.1) is 0 Å². The molecular weight excluding hydrogens is 170 g/mol. The second-order valence-corrected chi connectivity index (χ2v) is 2.76. The van der Waals surface area contributed by atoms with Crippen molar-refractivity contribution in [2.24, 2.45) is 0 Å². The molecule has 0 spiro atoms. The highest BCUT2D eigenvalue weighted by atomic mass is 16.1. The summed E-state index contributed by atoms with van der Waals surface area (Å²) in [6.45, 7) is 1.53. The number of Topliss-reactive ketones (excluding diaryl/α,β-unsaturated/α-hetero) is 1. The van der Waals surface area contributed by atoms with E-state index in [4.69, 9.17) is 0 Å². The summed E-state index contributed by atoms with van der Waals surface area (Å²) in [4.78, 5) is 14.8. The molecule has 66 valence electrons. The van der Waals surface area contributed by atoms with E-state index in [0.29, 0.717) is 12.2 Å². The van der Waals surface area contributed by atoms with Crippen LogP contribution in [0.2, 0.25) is 0 Å². The number of carbonyl (C=O) groups excluding carboxylic acids is 1. The van der Waals surface area contributed by atoms with E-state index in [1.165, 1.54) is 11.4 Å². The summed E-state index contributed by atoms with van der Waals surface area (Å²) in [5.74, 6) is 0.529. The van der Waals surface area contributed by atoms with E-state index in [-0.39, 0.29) is 5.78 Å². The molecule has 0 bridgehead atoms. The van der Waals surface area contributed by atoms with Crippen molar-refractivity contribution in [3.05, 3.63) is 18.0 Å². The maximum absolute atomic E-state index is 10.8. The van der Waals surface area contributed by atoms with Crippen molar-refractivity contribution in [2.75, 3.05) is 0 Å². The van der Waals surface area contributed by atoms with E-state index in [1.54, 1.807) is 12.4 Å². The molecule has 0 unspecified atom stereocenters. The highest BCUT2D eigenvalue weighted by Gasteiger charge is 2.01. The van der Waals surface area contributed by atoms with E-state index in [9.17, 15) is 4.79 Å². The molecule has 0 saturated heterocycles. The molecule has 6 heteroatoms. The third kappa shape index (κ3) is 1.51. The van der Waals surface area contributed by atoms with Crippen LogP contribution in [0, 0.1) is 0 Å². The van der Waals surface area contributed by atoms with Crippen LogP contribution in [0.5, 0.6) is 0 Å². The summed E-state index contributed by atoms with van der Waals surface area (Å²) >= 11 is 0. The molecule has 0 atom stereocenters. The van der Waals surface area contributed by atoms with Crippen LogP contribution in [-0.4, -0.2) is 30.8 Å². The van der Waals surface area contributed by atoms with Gasteiger partial charge in [-0.1, -0.05) is 5.10 Å². The number of hydrogen-bond acceptors (Lipinski definition) is 5. The molecule has 13 heavy (non-hydrogen) atoms. The van der Waals surface area contributed by atoms with E-state index in [2.05, 4.69) is 20.5 Å². The van der Waals surface area contributed by atoms with Crippen LogP contribution in [0.3, 0.4) is 0 Å². The van der Waals surface area contributed by atoms with E-state index < -0.39 is 0 Å². The number of ketones is 1. The minimum atomic E-state index is 0.0919. The molecule has 0 N–H and O–H groups in total. The second kappa shape index (κ2) is 2.89. The van der Waals surface area contributed by atoms with Gasteiger partial charge in [-0.05, 0) is 22.9 Å². The van der Waals surface area contributed by atoms with Crippen LogP contribution in [0.1, 0.15) is 12.5 Å². The Morgan fingerprint density at radius 1 is 1.62 bits per heavy atom. The molecule has 0 amide bonds. The summed E-state index contributed by atoms with van der Waals surface area (Å²) in [5, 5.41) is 10.8. The van der Waals surface area contributed by atoms with Crippen LogP contribution in [0.15, 0.2) is 12.4 Å². The lowest BCUT2D eigenvalue weighted by Gasteiger charge is -1.95. The van der Waals surface area contributed by atoms with Crippen molar-refractivity contribution in [1.82, 2.24) is 25.0 Å². The van der Waals surface area contributed by atoms with Gasteiger partial charge in [-0.3, -0.25) is 4.79 Å². The molecule has 0 aromatic carbocycles. The zero-order chi connectivity index (χ0) is 9.26. The number of rotatable bonds is 2. The third-order valence-electron chi connectivity index (χ3n) is 1.56. The first-order chi connectivity index (χ1) is 6.25. The highest BCUT2D eigenvalue weighted by Crippen LogP contribution is 1.99. The quantitative estimate of drug-likeness (QED) is 0.626. The first-order valence-corrected chi connectivity index (χ1v) is 3.78. The van der Waals surface area contributed by atoms with Crippen molar-refractivity contribution in [3.8, 4) is 0 Å². The maximum Gasteiger partial charge on any atom is 0.273 e. The second-order valence-electron chi connectivity index (χ2n) is 2.76. The fourth-order valence-electron chi connectivity index (χ4n) is 1.07. The molecule has 0 fully saturated rings. The highest BCUT2D eigenvalue weighted by molar-refractivity contribution is 5.77. The van der Waals surface area contributed by atoms with E-state index in [1.807, 2.05) is 0 Å². The minimum Gasteiger partial charge on any atom is -0.300 e. The normalized spacial score (nSPS) is 10.5. The number of hydrogen-bond donors (Lipinski definition) is 0. The molecule has 0 aliphatic heterocycles. The molecule has 6 nitrogen and oxygen atoms in total. The fraction of sp³-hybridized carbons (Fsp3) is 0.286. The summed E-state index contributed by atoms with van der Waals surface area (Å²) in [6.07, 6.45) is 3.67. The standard InChI is InChI=1S/C7H7N5O/c1-5(13)2-6-3-8-7-9-10-11-12(7)4-6/h3-4H,2H2,1H3. The number of carbonyl (C=O) groups is 1. The minimum absolute atomic E-state index is 0.0919. The average molecular weight is 177 g/mol. The fourth-order valence-corrected chi connectivity index (χ4v) is 1.07. The summed E-state index contributed by atoms with van der Waals surface area (Å²) in [6, 6.07) is 0. The number of fused-ring (bicyclic) bond motifs is 1. The Bertz CT molecular complexity index is 449. The zero-order valence-electron chi connectivity index (χ0n) is 7.01. The SMILES string of the molecule is CC(=O)Cc1cnc2nnnn2c1. The molecular formula is C7H7N5O. The van der Waals surface area contributed by atoms with Crippen molar-refractivity contribution in [2.45, 2.75) is 13.3 Å². The Morgan fingerprint density at radius 3 is 3.23 bits per heavy atom. The zero-order valence-corrected chi connectivity index (χ0v) is 7.01. The van der Waals surface area contributed by atoms with Gasteiger partial charge in [0.1, 0.15) is 5.78 Å². The molecule has 2 heterocycles. The van der Waals surface area contributed by atoms with Crippen molar-refractivity contribution in [3.63, 3.8) is 0 Å². The number of aromatic nitrogens is 5. The first kappa shape index (κ1) is 7.78. The summed E-state index contributed by atoms with van der Waals surface area (Å²) in [7, 11) is 0. The molecule has 2 rings (SSSR count). The molecule has 0 aliphatic rings. The Morgan fingerprint density at radius 2 is 2.46 bits per heavy atom. The van der Waals surface area contributed by atoms with Gasteiger partial charge < -0.3 is 0 Å². The lowest BCUT2D eigenvalue weighted by Crippen LogP contribution is -2.00.